The van der Waals surface area contributed by atoms with Crippen LogP contribution in [0.3, 0.4) is 0 Å². The molecular formula is C47H69Cl2N11O14. The highest BCUT2D eigenvalue weighted by molar-refractivity contribution is 6.30. The van der Waals surface area contributed by atoms with Gasteiger partial charge in [0.2, 0.25) is 0 Å². The number of halogens is 2. The number of carboxylic acids is 4. The van der Waals surface area contributed by atoms with Crippen LogP contribution in [0.25, 0.3) is 5.69 Å². The summed E-state index contributed by atoms with van der Waals surface area (Å²) >= 11 is 10.9. The molecule has 1 aromatic carbocycles. The number of tetrazole rings is 1. The summed E-state index contributed by atoms with van der Waals surface area (Å²) in [6.45, 7) is 0.710. The van der Waals surface area contributed by atoms with Crippen molar-refractivity contribution in [3.05, 3.63) is 72.6 Å². The van der Waals surface area contributed by atoms with Crippen LogP contribution in [-0.4, -0.2) is 144 Å². The molecular weight excluding hydrogens is 1010 g/mol. The zero-order valence-electron chi connectivity index (χ0n) is 40.7. The molecule has 2 aromatic rings. The second kappa shape index (κ2) is 30.7. The minimum atomic E-state index is -1.16. The van der Waals surface area contributed by atoms with E-state index in [1.165, 1.54) is 17.5 Å². The molecule has 27 heteroatoms. The van der Waals surface area contributed by atoms with Gasteiger partial charge in [-0.05, 0) is 111 Å². The molecule has 0 saturated heterocycles. The number of amides is 3. The predicted octanol–water partition coefficient (Wildman–Crippen LogP) is 4.19. The van der Waals surface area contributed by atoms with E-state index in [-0.39, 0.29) is 43.7 Å². The SMILES string of the molecule is N.N.NC(Cc1ccc(-n2ncnn2)cc1)C(=O)O.N[C@H](CCCCNC(=O)OCC1CC2C=CC1C2)C(=O)O.O=C(NC[C@@H](Cl)C(=O)O)OC1CC2C=CC1C2.O=C(NC[C@@H](Cl)C(=O)O)OC1CC2C=CC1C2. The maximum atomic E-state index is 11.5. The van der Waals surface area contributed by atoms with E-state index in [0.29, 0.717) is 80.3 Å². The fourth-order valence-electron chi connectivity index (χ4n) is 9.13. The van der Waals surface area contributed by atoms with Crippen molar-refractivity contribution < 1.29 is 68.2 Å². The van der Waals surface area contributed by atoms with Crippen LogP contribution >= 0.6 is 23.2 Å². The highest BCUT2D eigenvalue weighted by Crippen LogP contribution is 2.44. The molecule has 13 atom stereocenters. The summed E-state index contributed by atoms with van der Waals surface area (Å²) in [5.74, 6) is -0.882. The van der Waals surface area contributed by atoms with Crippen molar-refractivity contribution in [1.29, 1.82) is 0 Å². The number of carboxylic acid groups (broad SMARTS) is 4. The number of fused-ring (bicyclic) bond motifs is 6. The Kier molecular flexibility index (Phi) is 25.7. The Morgan fingerprint density at radius 3 is 1.54 bits per heavy atom. The van der Waals surface area contributed by atoms with E-state index in [1.807, 2.05) is 0 Å². The van der Waals surface area contributed by atoms with Crippen LogP contribution in [0.15, 0.2) is 67.0 Å². The molecule has 1 heterocycles. The maximum Gasteiger partial charge on any atom is 0.407 e. The summed E-state index contributed by atoms with van der Waals surface area (Å²) in [7, 11) is 0. The van der Waals surface area contributed by atoms with Crippen LogP contribution in [0.4, 0.5) is 14.4 Å². The van der Waals surface area contributed by atoms with Gasteiger partial charge in [-0.15, -0.1) is 38.2 Å². The monoisotopic (exact) mass is 1080 g/mol. The summed E-state index contributed by atoms with van der Waals surface area (Å²) in [6.07, 6.45) is 20.8. The van der Waals surface area contributed by atoms with Crippen molar-refractivity contribution in [3.8, 4) is 5.69 Å². The number of nitrogens with two attached hydrogens (primary N) is 2. The number of hydrogen-bond donors (Lipinski definition) is 11. The van der Waals surface area contributed by atoms with E-state index < -0.39 is 58.9 Å². The number of carbonyl (C=O) groups is 7. The van der Waals surface area contributed by atoms with Crippen molar-refractivity contribution >= 4 is 65.4 Å². The highest BCUT2D eigenvalue weighted by Gasteiger charge is 2.40. The Morgan fingerprint density at radius 2 is 1.14 bits per heavy atom. The minimum absolute atomic E-state index is 0. The normalized spacial score (nSPS) is 25.0. The third kappa shape index (κ3) is 20.1. The Labute approximate surface area is 437 Å². The first kappa shape index (κ1) is 61.9. The smallest absolute Gasteiger partial charge is 0.407 e. The topological polar surface area (TPSA) is 430 Å². The van der Waals surface area contributed by atoms with Crippen LogP contribution in [0.5, 0.6) is 0 Å². The molecule has 6 aliphatic rings. The van der Waals surface area contributed by atoms with Gasteiger partial charge in [-0.1, -0.05) is 48.6 Å². The van der Waals surface area contributed by atoms with Gasteiger partial charge in [0, 0.05) is 37.4 Å². The lowest BCUT2D eigenvalue weighted by Gasteiger charge is -2.19. The van der Waals surface area contributed by atoms with Gasteiger partial charge >= 0.3 is 42.2 Å². The molecule has 410 valence electrons. The lowest BCUT2D eigenvalue weighted by atomic mass is 9.95. The van der Waals surface area contributed by atoms with Gasteiger partial charge in [-0.3, -0.25) is 19.2 Å². The number of nitrogens with one attached hydrogen (secondary N) is 3. The number of rotatable bonds is 20. The molecule has 0 aliphatic heterocycles. The van der Waals surface area contributed by atoms with Gasteiger partial charge in [0.15, 0.2) is 6.33 Å². The third-order valence-electron chi connectivity index (χ3n) is 13.0. The summed E-state index contributed by atoms with van der Waals surface area (Å²) < 4.78 is 15.7. The molecule has 6 bridgehead atoms. The first-order chi connectivity index (χ1) is 34.3. The Balaban J connectivity index is 0.000000259. The maximum absolute atomic E-state index is 11.5. The van der Waals surface area contributed by atoms with E-state index in [9.17, 15) is 33.6 Å². The zero-order valence-corrected chi connectivity index (χ0v) is 42.3. The van der Waals surface area contributed by atoms with Gasteiger partial charge in [-0.2, -0.15) is 0 Å². The molecule has 3 saturated carbocycles. The molecule has 1 aromatic heterocycles. The number of benzene rings is 1. The van der Waals surface area contributed by atoms with Gasteiger partial charge in [0.05, 0.1) is 12.3 Å². The third-order valence-corrected chi connectivity index (χ3v) is 13.7. The molecule has 74 heavy (non-hydrogen) atoms. The fourth-order valence-corrected chi connectivity index (χ4v) is 9.28. The van der Waals surface area contributed by atoms with Crippen LogP contribution in [-0.2, 0) is 39.8 Å². The van der Waals surface area contributed by atoms with Crippen LogP contribution in [0.1, 0.15) is 63.4 Å². The number of aromatic nitrogens is 4. The van der Waals surface area contributed by atoms with Crippen molar-refractivity contribution in [2.24, 2.45) is 52.9 Å². The molecule has 0 radical (unpaired) electrons. The molecule has 25 nitrogen and oxygen atoms in total. The molecule has 3 fully saturated rings. The zero-order chi connectivity index (χ0) is 52.3. The molecule has 0 spiro atoms. The Bertz CT molecular complexity index is 2170. The summed E-state index contributed by atoms with van der Waals surface area (Å²) in [6, 6.07) is 5.45. The number of alkyl carbamates (subject to hydrolysis) is 3. The highest BCUT2D eigenvalue weighted by atomic mass is 35.5. The predicted molar refractivity (Wildman–Crippen MR) is 268 cm³/mol. The molecule has 3 amide bonds. The van der Waals surface area contributed by atoms with Gasteiger partial charge in [0.25, 0.3) is 0 Å². The minimum Gasteiger partial charge on any atom is -0.480 e. The van der Waals surface area contributed by atoms with Crippen molar-refractivity contribution in [2.75, 3.05) is 26.2 Å². The number of unbranched alkanes of at least 4 members (excludes halogenated alkanes) is 1. The van der Waals surface area contributed by atoms with Gasteiger partial charge in [0.1, 0.15) is 35.0 Å². The van der Waals surface area contributed by atoms with Crippen molar-refractivity contribution in [1.82, 2.24) is 48.5 Å². The van der Waals surface area contributed by atoms with E-state index in [4.69, 9.17) is 69.3 Å². The molecule has 6 aliphatic carbocycles. The molecule has 8 rings (SSSR count). The summed E-state index contributed by atoms with van der Waals surface area (Å²) in [5.41, 5.74) is 12.4. The number of carbonyl (C=O) groups excluding carboxylic acids is 3. The molecule has 10 unspecified atom stereocenters. The average Bonchev–Trinajstić information content (AvgIpc) is 4.24. The lowest BCUT2D eigenvalue weighted by Crippen LogP contribution is -2.36. The second-order valence-corrected chi connectivity index (χ2v) is 19.4. The largest absolute Gasteiger partial charge is 0.480 e. The lowest BCUT2D eigenvalue weighted by molar-refractivity contribution is -0.139. The quantitative estimate of drug-likeness (QED) is 0.0383. The van der Waals surface area contributed by atoms with Crippen LogP contribution in [0, 0.1) is 41.4 Å². The standard InChI is InChI=1S/C15H24N2O4.2C11H14ClNO4.C10H11N5O2.2H3N/c16-13(14(18)19)3-1-2-6-17-15(20)21-9-12-8-10-4-5-11(12)7-10;2*12-8(10(14)15)5-13-11(16)17-9-4-6-1-2-7(9)3-6;11-9(10(16)17)5-7-1-3-8(4-2-7)15-13-6-12-14-15;;/h4-5,10-13H,1-3,6-9,16H2,(H,17,20)(H,18,19);2*1-2,6-9H,3-5H2,(H,13,16)(H,14,15);1-4,6,9H,5,11H2,(H,16,17);2*1H3/t10?,11?,12?,13-;2*6?,7?,8-,9?;;;/m111.../s1. The number of ether oxygens (including phenoxy) is 3. The van der Waals surface area contributed by atoms with Crippen molar-refractivity contribution in [3.63, 3.8) is 0 Å². The summed E-state index contributed by atoms with van der Waals surface area (Å²) in [5, 5.41) is 50.7. The van der Waals surface area contributed by atoms with Crippen molar-refractivity contribution in [2.45, 2.75) is 99.3 Å². The Hall–Kier alpha value is -6.38. The van der Waals surface area contributed by atoms with Crippen LogP contribution in [0.2, 0.25) is 0 Å². The molecule has 17 N–H and O–H groups in total. The summed E-state index contributed by atoms with van der Waals surface area (Å²) in [4.78, 5) is 77.7. The first-order valence-electron chi connectivity index (χ1n) is 23.7. The van der Waals surface area contributed by atoms with E-state index in [1.54, 1.807) is 24.3 Å². The van der Waals surface area contributed by atoms with E-state index in [0.717, 1.165) is 43.4 Å². The number of nitrogens with zero attached hydrogens (tertiary/aromatic N) is 4. The van der Waals surface area contributed by atoms with E-state index >= 15 is 0 Å². The first-order valence-corrected chi connectivity index (χ1v) is 24.6. The average molecular weight is 1080 g/mol. The number of alkyl halides is 2. The fraction of sp³-hybridized carbons (Fsp3) is 0.574. The van der Waals surface area contributed by atoms with Gasteiger partial charge < -0.3 is 74.4 Å². The second-order valence-electron chi connectivity index (χ2n) is 18.4. The number of hydrogen-bond acceptors (Lipinski definition) is 17. The number of aliphatic carboxylic acids is 4. The van der Waals surface area contributed by atoms with Gasteiger partial charge in [-0.25, -0.2) is 14.4 Å². The Morgan fingerprint density at radius 1 is 0.635 bits per heavy atom. The van der Waals surface area contributed by atoms with Crippen LogP contribution < -0.4 is 39.7 Å². The van der Waals surface area contributed by atoms with E-state index in [2.05, 4.69) is 67.8 Å². The number of allylic oxidation sites excluding steroid dienone is 4.